The van der Waals surface area contributed by atoms with E-state index in [0.29, 0.717) is 12.2 Å². The number of ether oxygens (including phenoxy) is 1. The minimum atomic E-state index is 0.469. The fraction of sp³-hybridized carbons (Fsp3) is 0.333. The fourth-order valence-corrected chi connectivity index (χ4v) is 1.79. The third-order valence-corrected chi connectivity index (χ3v) is 2.37. The molecule has 1 saturated heterocycles. The Morgan fingerprint density at radius 3 is 3.10 bits per heavy atom. The van der Waals surface area contributed by atoms with Crippen molar-refractivity contribution in [1.29, 1.82) is 0 Å². The molecule has 50 valence electrons. The highest BCUT2D eigenvalue weighted by molar-refractivity contribution is 5.38. The molecule has 1 nitrogen and oxygen atoms in total. The molecule has 0 bridgehead atoms. The zero-order valence-corrected chi connectivity index (χ0v) is 5.58. The first-order chi connectivity index (χ1) is 4.95. The summed E-state index contributed by atoms with van der Waals surface area (Å²) in [6.07, 6.45) is 2.15. The molecule has 1 fully saturated rings. The summed E-state index contributed by atoms with van der Waals surface area (Å²) >= 11 is 0. The van der Waals surface area contributed by atoms with E-state index >= 15 is 0 Å². The van der Waals surface area contributed by atoms with Gasteiger partial charge in [-0.1, -0.05) is 24.3 Å². The third-order valence-electron chi connectivity index (χ3n) is 2.37. The van der Waals surface area contributed by atoms with Gasteiger partial charge in [-0.05, 0) is 11.1 Å². The second kappa shape index (κ2) is 1.43. The average molecular weight is 132 g/mol. The van der Waals surface area contributed by atoms with Crippen LogP contribution in [0.15, 0.2) is 24.3 Å². The van der Waals surface area contributed by atoms with Crippen LogP contribution >= 0.6 is 0 Å². The standard InChI is InChI=1S/C9H8O/c1-2-4-7-6(3-1)5-8-9(7)10-8/h1-4,8-9H,5H2/t8-,9+/m1/s1. The Kier molecular flexibility index (Phi) is 0.702. The molecule has 0 N–H and O–H groups in total. The van der Waals surface area contributed by atoms with Gasteiger partial charge in [0.05, 0.1) is 6.10 Å². The summed E-state index contributed by atoms with van der Waals surface area (Å²) in [5.41, 5.74) is 2.91. The number of rotatable bonds is 0. The van der Waals surface area contributed by atoms with Crippen molar-refractivity contribution in [1.82, 2.24) is 0 Å². The second-order valence-corrected chi connectivity index (χ2v) is 3.00. The van der Waals surface area contributed by atoms with Gasteiger partial charge >= 0.3 is 0 Å². The first kappa shape index (κ1) is 4.91. The summed E-state index contributed by atoms with van der Waals surface area (Å²) in [4.78, 5) is 0. The molecule has 3 rings (SSSR count). The van der Waals surface area contributed by atoms with E-state index in [1.165, 1.54) is 11.1 Å². The van der Waals surface area contributed by atoms with Crippen molar-refractivity contribution in [3.05, 3.63) is 35.4 Å². The van der Waals surface area contributed by atoms with Crippen molar-refractivity contribution in [3.8, 4) is 0 Å². The molecular formula is C9H8O. The Morgan fingerprint density at radius 2 is 2.20 bits per heavy atom. The van der Waals surface area contributed by atoms with Gasteiger partial charge in [0.1, 0.15) is 6.10 Å². The lowest BCUT2D eigenvalue weighted by Crippen LogP contribution is -1.86. The van der Waals surface area contributed by atoms with Crippen LogP contribution in [0, 0.1) is 0 Å². The first-order valence-electron chi connectivity index (χ1n) is 3.68. The van der Waals surface area contributed by atoms with Crippen LogP contribution in [0.3, 0.4) is 0 Å². The monoisotopic (exact) mass is 132 g/mol. The number of epoxide rings is 1. The maximum Gasteiger partial charge on any atom is 0.110 e. The van der Waals surface area contributed by atoms with Crippen LogP contribution in [0.2, 0.25) is 0 Å². The van der Waals surface area contributed by atoms with E-state index in [1.807, 2.05) is 0 Å². The molecule has 0 spiro atoms. The Labute approximate surface area is 59.6 Å². The van der Waals surface area contributed by atoms with Crippen LogP contribution in [-0.4, -0.2) is 6.10 Å². The SMILES string of the molecule is c1ccc2c(c1)C[C@H]1O[C@@H]21. The number of hydrogen-bond acceptors (Lipinski definition) is 1. The average Bonchev–Trinajstić information content (AvgIpc) is 2.64. The topological polar surface area (TPSA) is 12.5 Å². The summed E-state index contributed by atoms with van der Waals surface area (Å²) in [6, 6.07) is 8.56. The van der Waals surface area contributed by atoms with Gasteiger partial charge in [0, 0.05) is 6.42 Å². The molecule has 1 heteroatoms. The molecule has 1 aromatic carbocycles. The molecule has 2 atom stereocenters. The van der Waals surface area contributed by atoms with Crippen LogP contribution in [0.1, 0.15) is 17.2 Å². The molecule has 1 heterocycles. The lowest BCUT2D eigenvalue weighted by Gasteiger charge is -1.98. The maximum absolute atomic E-state index is 5.38. The van der Waals surface area contributed by atoms with Crippen LogP contribution in [0.25, 0.3) is 0 Å². The molecule has 0 amide bonds. The highest BCUT2D eigenvalue weighted by Crippen LogP contribution is 2.48. The van der Waals surface area contributed by atoms with Crippen LogP contribution in [0.5, 0.6) is 0 Å². The predicted molar refractivity (Wildman–Crippen MR) is 37.8 cm³/mol. The first-order valence-corrected chi connectivity index (χ1v) is 3.68. The van der Waals surface area contributed by atoms with Gasteiger partial charge in [-0.25, -0.2) is 0 Å². The van der Waals surface area contributed by atoms with E-state index in [0.717, 1.165) is 6.42 Å². The second-order valence-electron chi connectivity index (χ2n) is 3.00. The Bertz CT molecular complexity index is 280. The van der Waals surface area contributed by atoms with Crippen molar-refractivity contribution in [2.24, 2.45) is 0 Å². The van der Waals surface area contributed by atoms with Crippen molar-refractivity contribution in [3.63, 3.8) is 0 Å². The van der Waals surface area contributed by atoms with Gasteiger partial charge in [0.15, 0.2) is 0 Å². The van der Waals surface area contributed by atoms with Gasteiger partial charge in [0.25, 0.3) is 0 Å². The largest absolute Gasteiger partial charge is 0.364 e. The smallest absolute Gasteiger partial charge is 0.110 e. The predicted octanol–water partition coefficient (Wildman–Crippen LogP) is 1.68. The van der Waals surface area contributed by atoms with Gasteiger partial charge in [-0.3, -0.25) is 0 Å². The lowest BCUT2D eigenvalue weighted by molar-refractivity contribution is 0.361. The minimum Gasteiger partial charge on any atom is -0.364 e. The molecule has 1 aliphatic carbocycles. The number of fused-ring (bicyclic) bond motifs is 3. The van der Waals surface area contributed by atoms with Crippen LogP contribution in [-0.2, 0) is 11.2 Å². The van der Waals surface area contributed by atoms with Gasteiger partial charge < -0.3 is 4.74 Å². The summed E-state index contributed by atoms with van der Waals surface area (Å²) in [5, 5.41) is 0. The molecule has 2 aliphatic rings. The highest BCUT2D eigenvalue weighted by atomic mass is 16.6. The molecular weight excluding hydrogens is 124 g/mol. The minimum absolute atomic E-state index is 0.469. The Balaban J connectivity index is 2.22. The lowest BCUT2D eigenvalue weighted by atomic mass is 10.1. The summed E-state index contributed by atoms with van der Waals surface area (Å²) in [7, 11) is 0. The fourth-order valence-electron chi connectivity index (χ4n) is 1.79. The van der Waals surface area contributed by atoms with Crippen LogP contribution < -0.4 is 0 Å². The quantitative estimate of drug-likeness (QED) is 0.489. The van der Waals surface area contributed by atoms with Gasteiger partial charge in [-0.2, -0.15) is 0 Å². The summed E-state index contributed by atoms with van der Waals surface area (Å²) in [5.74, 6) is 0. The van der Waals surface area contributed by atoms with Crippen molar-refractivity contribution in [2.75, 3.05) is 0 Å². The van der Waals surface area contributed by atoms with E-state index in [-0.39, 0.29) is 0 Å². The van der Waals surface area contributed by atoms with E-state index in [2.05, 4.69) is 24.3 Å². The molecule has 0 unspecified atom stereocenters. The summed E-state index contributed by atoms with van der Waals surface area (Å²) < 4.78 is 5.38. The molecule has 1 aromatic rings. The van der Waals surface area contributed by atoms with Crippen molar-refractivity contribution in [2.45, 2.75) is 18.6 Å². The summed E-state index contributed by atoms with van der Waals surface area (Å²) in [6.45, 7) is 0. The number of benzene rings is 1. The Morgan fingerprint density at radius 1 is 1.30 bits per heavy atom. The zero-order valence-electron chi connectivity index (χ0n) is 5.58. The van der Waals surface area contributed by atoms with Crippen molar-refractivity contribution < 1.29 is 4.74 Å². The van der Waals surface area contributed by atoms with E-state index in [9.17, 15) is 0 Å². The van der Waals surface area contributed by atoms with Crippen LogP contribution in [0.4, 0.5) is 0 Å². The third kappa shape index (κ3) is 0.469. The molecule has 10 heavy (non-hydrogen) atoms. The highest BCUT2D eigenvalue weighted by Gasteiger charge is 2.46. The van der Waals surface area contributed by atoms with Gasteiger partial charge in [-0.15, -0.1) is 0 Å². The zero-order chi connectivity index (χ0) is 6.55. The van der Waals surface area contributed by atoms with E-state index in [1.54, 1.807) is 0 Å². The molecule has 1 aliphatic heterocycles. The van der Waals surface area contributed by atoms with E-state index in [4.69, 9.17) is 4.74 Å². The van der Waals surface area contributed by atoms with Gasteiger partial charge in [0.2, 0.25) is 0 Å². The van der Waals surface area contributed by atoms with E-state index < -0.39 is 0 Å². The normalized spacial score (nSPS) is 33.2. The molecule has 0 saturated carbocycles. The van der Waals surface area contributed by atoms with Crippen molar-refractivity contribution >= 4 is 0 Å². The number of hydrogen-bond donors (Lipinski definition) is 0. The Hall–Kier alpha value is -0.820. The molecule has 0 aromatic heterocycles. The molecule has 0 radical (unpaired) electrons. The maximum atomic E-state index is 5.38.